The molecule has 1 aromatic heterocycles. The molecule has 1 saturated heterocycles. The van der Waals surface area contributed by atoms with Gasteiger partial charge in [-0.15, -0.1) is 5.10 Å². The van der Waals surface area contributed by atoms with Crippen LogP contribution in [0.2, 0.25) is 0 Å². The summed E-state index contributed by atoms with van der Waals surface area (Å²) in [5, 5.41) is 8.29. The van der Waals surface area contributed by atoms with E-state index in [0.717, 1.165) is 25.1 Å². The van der Waals surface area contributed by atoms with Crippen molar-refractivity contribution in [1.82, 2.24) is 15.0 Å². The lowest BCUT2D eigenvalue weighted by molar-refractivity contribution is -0.0689. The van der Waals surface area contributed by atoms with Crippen molar-refractivity contribution >= 4 is 0 Å². The predicted octanol–water partition coefficient (Wildman–Crippen LogP) is 1.66. The molecule has 2 aliphatic rings. The molecule has 1 spiro atoms. The fraction of sp³-hybridized carbons (Fsp3) is 0.857. The van der Waals surface area contributed by atoms with Gasteiger partial charge < -0.3 is 10.5 Å². The molecule has 5 heteroatoms. The van der Waals surface area contributed by atoms with Crippen LogP contribution in [0.4, 0.5) is 0 Å². The largest absolute Gasteiger partial charge is 0.370 e. The molecule has 1 aliphatic heterocycles. The van der Waals surface area contributed by atoms with Crippen LogP contribution in [0.3, 0.4) is 0 Å². The minimum Gasteiger partial charge on any atom is -0.370 e. The van der Waals surface area contributed by atoms with E-state index in [2.05, 4.69) is 10.3 Å². The molecule has 2 N–H and O–H groups in total. The average Bonchev–Trinajstić information content (AvgIpc) is 3.00. The maximum absolute atomic E-state index is 6.35. The highest BCUT2D eigenvalue weighted by atomic mass is 16.5. The number of aromatic nitrogens is 3. The fourth-order valence-corrected chi connectivity index (χ4v) is 3.49. The van der Waals surface area contributed by atoms with Crippen molar-refractivity contribution in [3.63, 3.8) is 0 Å². The van der Waals surface area contributed by atoms with Crippen LogP contribution < -0.4 is 5.73 Å². The van der Waals surface area contributed by atoms with Crippen molar-refractivity contribution in [3.8, 4) is 0 Å². The third-order valence-corrected chi connectivity index (χ3v) is 4.48. The number of ether oxygens (including phenoxy) is 1. The lowest BCUT2D eigenvalue weighted by atomic mass is 9.83. The zero-order chi connectivity index (χ0) is 13.1. The molecule has 19 heavy (non-hydrogen) atoms. The molecule has 1 unspecified atom stereocenters. The van der Waals surface area contributed by atoms with Crippen LogP contribution in [0.5, 0.6) is 0 Å². The summed E-state index contributed by atoms with van der Waals surface area (Å²) in [6, 6.07) is 0. The normalized spacial score (nSPS) is 26.1. The summed E-state index contributed by atoms with van der Waals surface area (Å²) < 4.78 is 8.26. The van der Waals surface area contributed by atoms with E-state index >= 15 is 0 Å². The first kappa shape index (κ1) is 13.1. The lowest BCUT2D eigenvalue weighted by Gasteiger charge is -2.33. The summed E-state index contributed by atoms with van der Waals surface area (Å²) in [7, 11) is 0. The number of hydrogen-bond acceptors (Lipinski definition) is 4. The molecule has 0 aromatic carbocycles. The molecule has 0 bridgehead atoms. The van der Waals surface area contributed by atoms with Gasteiger partial charge in [-0.25, -0.2) is 4.68 Å². The minimum atomic E-state index is 0.198. The Balaban J connectivity index is 1.55. The topological polar surface area (TPSA) is 66.0 Å². The summed E-state index contributed by atoms with van der Waals surface area (Å²) in [6.07, 6.45) is 12.0. The van der Waals surface area contributed by atoms with E-state index in [1.807, 2.05) is 10.9 Å². The molecule has 2 heterocycles. The van der Waals surface area contributed by atoms with Gasteiger partial charge in [0.15, 0.2) is 0 Å². The maximum atomic E-state index is 6.35. The van der Waals surface area contributed by atoms with Crippen molar-refractivity contribution < 1.29 is 4.74 Å². The van der Waals surface area contributed by atoms with E-state index in [1.165, 1.54) is 38.5 Å². The average molecular weight is 264 g/mol. The molecule has 0 radical (unpaired) electrons. The molecule has 5 nitrogen and oxygen atoms in total. The summed E-state index contributed by atoms with van der Waals surface area (Å²) >= 11 is 0. The Morgan fingerprint density at radius 1 is 1.32 bits per heavy atom. The third kappa shape index (κ3) is 2.98. The second kappa shape index (κ2) is 5.59. The van der Waals surface area contributed by atoms with E-state index in [0.29, 0.717) is 12.6 Å². The monoisotopic (exact) mass is 264 g/mol. The Bertz CT molecular complexity index is 411. The highest BCUT2D eigenvalue weighted by molar-refractivity contribution is 4.94. The molecule has 0 amide bonds. The van der Waals surface area contributed by atoms with Crippen molar-refractivity contribution in [2.75, 3.05) is 6.54 Å². The summed E-state index contributed by atoms with van der Waals surface area (Å²) in [5.74, 6) is 0. The minimum absolute atomic E-state index is 0.198. The Kier molecular flexibility index (Phi) is 3.84. The van der Waals surface area contributed by atoms with Crippen LogP contribution in [0, 0.1) is 0 Å². The summed E-state index contributed by atoms with van der Waals surface area (Å²) in [6.45, 7) is 1.46. The summed E-state index contributed by atoms with van der Waals surface area (Å²) in [4.78, 5) is 0. The van der Waals surface area contributed by atoms with Crippen LogP contribution in [0.15, 0.2) is 6.20 Å². The van der Waals surface area contributed by atoms with Gasteiger partial charge in [-0.05, 0) is 32.2 Å². The van der Waals surface area contributed by atoms with E-state index in [9.17, 15) is 0 Å². The zero-order valence-electron chi connectivity index (χ0n) is 11.6. The SMILES string of the molecule is NCCc1cn(CC2CCC3(CCCCC3)O2)nn1. The Morgan fingerprint density at radius 2 is 2.16 bits per heavy atom. The zero-order valence-corrected chi connectivity index (χ0v) is 11.6. The molecule has 1 aromatic rings. The van der Waals surface area contributed by atoms with Gasteiger partial charge in [0.05, 0.1) is 23.9 Å². The van der Waals surface area contributed by atoms with Crippen molar-refractivity contribution in [2.45, 2.75) is 69.6 Å². The molecular weight excluding hydrogens is 240 g/mol. The van der Waals surface area contributed by atoms with Crippen molar-refractivity contribution in [2.24, 2.45) is 5.73 Å². The molecule has 2 fully saturated rings. The lowest BCUT2D eigenvalue weighted by Crippen LogP contribution is -2.32. The molecular formula is C14H24N4O. The van der Waals surface area contributed by atoms with Gasteiger partial charge >= 0.3 is 0 Å². The second-order valence-electron chi connectivity index (χ2n) is 5.99. The smallest absolute Gasteiger partial charge is 0.0839 e. The van der Waals surface area contributed by atoms with Crippen molar-refractivity contribution in [3.05, 3.63) is 11.9 Å². The Labute approximate surface area is 114 Å². The number of hydrogen-bond donors (Lipinski definition) is 1. The maximum Gasteiger partial charge on any atom is 0.0839 e. The highest BCUT2D eigenvalue weighted by Crippen LogP contribution is 2.42. The van der Waals surface area contributed by atoms with Crippen LogP contribution in [-0.2, 0) is 17.7 Å². The van der Waals surface area contributed by atoms with Crippen LogP contribution in [0.25, 0.3) is 0 Å². The molecule has 1 saturated carbocycles. The predicted molar refractivity (Wildman–Crippen MR) is 72.7 cm³/mol. The van der Waals surface area contributed by atoms with E-state index in [1.54, 1.807) is 0 Å². The van der Waals surface area contributed by atoms with Crippen LogP contribution >= 0.6 is 0 Å². The number of nitrogens with two attached hydrogens (primary N) is 1. The van der Waals surface area contributed by atoms with Gasteiger partial charge in [0.1, 0.15) is 0 Å². The van der Waals surface area contributed by atoms with Gasteiger partial charge in [0.2, 0.25) is 0 Å². The molecule has 106 valence electrons. The first-order valence-corrected chi connectivity index (χ1v) is 7.57. The first-order valence-electron chi connectivity index (χ1n) is 7.57. The fourth-order valence-electron chi connectivity index (χ4n) is 3.49. The van der Waals surface area contributed by atoms with Gasteiger partial charge in [-0.1, -0.05) is 24.5 Å². The van der Waals surface area contributed by atoms with Crippen molar-refractivity contribution in [1.29, 1.82) is 0 Å². The second-order valence-corrected chi connectivity index (χ2v) is 5.99. The summed E-state index contributed by atoms with van der Waals surface area (Å²) in [5.41, 5.74) is 6.70. The number of nitrogens with zero attached hydrogens (tertiary/aromatic N) is 3. The standard InChI is InChI=1S/C14H24N4O/c15-9-5-12-10-18(17-16-12)11-13-4-8-14(19-13)6-2-1-3-7-14/h10,13H,1-9,11,15H2. The first-order chi connectivity index (χ1) is 9.30. The van der Waals surface area contributed by atoms with Gasteiger partial charge in [-0.3, -0.25) is 0 Å². The molecule has 3 rings (SSSR count). The molecule has 1 aliphatic carbocycles. The van der Waals surface area contributed by atoms with Crippen LogP contribution in [-0.4, -0.2) is 33.2 Å². The third-order valence-electron chi connectivity index (χ3n) is 4.48. The quantitative estimate of drug-likeness (QED) is 0.898. The number of rotatable bonds is 4. The van der Waals surface area contributed by atoms with E-state index in [4.69, 9.17) is 10.5 Å². The van der Waals surface area contributed by atoms with E-state index < -0.39 is 0 Å². The highest BCUT2D eigenvalue weighted by Gasteiger charge is 2.40. The Morgan fingerprint density at radius 3 is 2.95 bits per heavy atom. The van der Waals surface area contributed by atoms with Gasteiger partial charge in [0.25, 0.3) is 0 Å². The van der Waals surface area contributed by atoms with E-state index in [-0.39, 0.29) is 5.60 Å². The Hall–Kier alpha value is -0.940. The molecule has 1 atom stereocenters. The van der Waals surface area contributed by atoms with Crippen LogP contribution in [0.1, 0.15) is 50.6 Å². The van der Waals surface area contributed by atoms with Gasteiger partial charge in [-0.2, -0.15) is 0 Å². The van der Waals surface area contributed by atoms with Gasteiger partial charge in [0, 0.05) is 12.6 Å².